The van der Waals surface area contributed by atoms with Crippen LogP contribution < -0.4 is 5.32 Å². The Kier molecular flexibility index (Phi) is 5.86. The maximum Gasteiger partial charge on any atom is 0.321 e. The van der Waals surface area contributed by atoms with Crippen LogP contribution in [0.4, 0.5) is 14.9 Å². The van der Waals surface area contributed by atoms with Crippen LogP contribution in [0.2, 0.25) is 0 Å². The Morgan fingerprint density at radius 2 is 1.28 bits per heavy atom. The molecule has 1 aliphatic rings. The van der Waals surface area contributed by atoms with E-state index >= 15 is 0 Å². The summed E-state index contributed by atoms with van der Waals surface area (Å²) in [6, 6.07) is 26.8. The summed E-state index contributed by atoms with van der Waals surface area (Å²) in [5, 5.41) is 2.85. The van der Waals surface area contributed by atoms with Crippen LogP contribution in [0.3, 0.4) is 0 Å². The zero-order valence-corrected chi connectivity index (χ0v) is 16.2. The first-order chi connectivity index (χ1) is 14.2. The summed E-state index contributed by atoms with van der Waals surface area (Å²) < 4.78 is 13.0. The highest BCUT2D eigenvalue weighted by atomic mass is 19.1. The Bertz CT molecular complexity index is 884. The molecule has 4 rings (SSSR count). The molecule has 4 nitrogen and oxygen atoms in total. The van der Waals surface area contributed by atoms with Gasteiger partial charge in [-0.2, -0.15) is 0 Å². The Morgan fingerprint density at radius 1 is 0.759 bits per heavy atom. The van der Waals surface area contributed by atoms with Gasteiger partial charge in [-0.15, -0.1) is 0 Å². The first kappa shape index (κ1) is 19.2. The van der Waals surface area contributed by atoms with E-state index in [0.717, 1.165) is 13.1 Å². The van der Waals surface area contributed by atoms with Crippen LogP contribution in [-0.2, 0) is 0 Å². The molecule has 0 unspecified atom stereocenters. The lowest BCUT2D eigenvalue weighted by Gasteiger charge is -2.39. The van der Waals surface area contributed by atoms with Crippen molar-refractivity contribution in [3.63, 3.8) is 0 Å². The van der Waals surface area contributed by atoms with Crippen molar-refractivity contribution in [2.24, 2.45) is 0 Å². The monoisotopic (exact) mass is 389 g/mol. The highest BCUT2D eigenvalue weighted by Gasteiger charge is 2.28. The van der Waals surface area contributed by atoms with Gasteiger partial charge in [0, 0.05) is 31.9 Å². The third-order valence-corrected chi connectivity index (χ3v) is 5.29. The number of halogens is 1. The number of urea groups is 1. The topological polar surface area (TPSA) is 35.6 Å². The van der Waals surface area contributed by atoms with Crippen LogP contribution in [0.15, 0.2) is 84.9 Å². The van der Waals surface area contributed by atoms with E-state index in [4.69, 9.17) is 0 Å². The quantitative estimate of drug-likeness (QED) is 0.698. The van der Waals surface area contributed by atoms with Crippen LogP contribution in [0, 0.1) is 5.82 Å². The summed E-state index contributed by atoms with van der Waals surface area (Å²) in [4.78, 5) is 16.8. The van der Waals surface area contributed by atoms with E-state index in [2.05, 4.69) is 58.7 Å². The Labute approximate surface area is 170 Å². The van der Waals surface area contributed by atoms with Crippen molar-refractivity contribution < 1.29 is 9.18 Å². The van der Waals surface area contributed by atoms with Crippen LogP contribution in [-0.4, -0.2) is 42.0 Å². The van der Waals surface area contributed by atoms with Crippen molar-refractivity contribution in [1.82, 2.24) is 9.80 Å². The average Bonchev–Trinajstić information content (AvgIpc) is 2.77. The van der Waals surface area contributed by atoms with Gasteiger partial charge in [0.25, 0.3) is 0 Å². The van der Waals surface area contributed by atoms with Gasteiger partial charge in [-0.3, -0.25) is 4.90 Å². The molecular weight excluding hydrogens is 365 g/mol. The van der Waals surface area contributed by atoms with Crippen molar-refractivity contribution in [2.75, 3.05) is 31.5 Å². The van der Waals surface area contributed by atoms with Crippen LogP contribution in [0.25, 0.3) is 0 Å². The number of hydrogen-bond donors (Lipinski definition) is 1. The standard InChI is InChI=1S/C24H24FN3O/c25-21-11-13-22(14-12-21)26-24(29)28-17-15-27(16-18-28)23(19-7-3-1-4-8-19)20-9-5-2-6-10-20/h1-14,23H,15-18H2,(H,26,29). The molecule has 1 aliphatic heterocycles. The molecular formula is C24H24FN3O. The third-order valence-electron chi connectivity index (χ3n) is 5.29. The van der Waals surface area contributed by atoms with Gasteiger partial charge in [0.2, 0.25) is 0 Å². The average molecular weight is 389 g/mol. The molecule has 1 saturated heterocycles. The number of nitrogens with zero attached hydrogens (tertiary/aromatic N) is 2. The van der Waals surface area contributed by atoms with Crippen molar-refractivity contribution in [1.29, 1.82) is 0 Å². The van der Waals surface area contributed by atoms with Gasteiger partial charge in [0.15, 0.2) is 0 Å². The van der Waals surface area contributed by atoms with E-state index < -0.39 is 0 Å². The van der Waals surface area contributed by atoms with E-state index in [1.807, 2.05) is 17.0 Å². The second-order valence-corrected chi connectivity index (χ2v) is 7.18. The predicted octanol–water partition coefficient (Wildman–Crippen LogP) is 4.76. The normalized spacial score (nSPS) is 14.8. The van der Waals surface area contributed by atoms with Crippen molar-refractivity contribution in [2.45, 2.75) is 6.04 Å². The fourth-order valence-electron chi connectivity index (χ4n) is 3.80. The Hall–Kier alpha value is -3.18. The molecule has 0 bridgehead atoms. The molecule has 1 N–H and O–H groups in total. The number of nitrogens with one attached hydrogen (secondary N) is 1. The predicted molar refractivity (Wildman–Crippen MR) is 113 cm³/mol. The number of carbonyl (C=O) groups excluding carboxylic acids is 1. The van der Waals surface area contributed by atoms with E-state index in [-0.39, 0.29) is 17.9 Å². The van der Waals surface area contributed by atoms with Crippen LogP contribution in [0.5, 0.6) is 0 Å². The van der Waals surface area contributed by atoms with Crippen LogP contribution in [0.1, 0.15) is 17.2 Å². The molecule has 148 valence electrons. The molecule has 0 radical (unpaired) electrons. The lowest BCUT2D eigenvalue weighted by Crippen LogP contribution is -2.51. The van der Waals surface area contributed by atoms with Crippen molar-refractivity contribution in [3.05, 3.63) is 102 Å². The summed E-state index contributed by atoms with van der Waals surface area (Å²) in [5.41, 5.74) is 3.11. The summed E-state index contributed by atoms with van der Waals surface area (Å²) in [6.07, 6.45) is 0. The number of piperazine rings is 1. The zero-order valence-electron chi connectivity index (χ0n) is 16.2. The second-order valence-electron chi connectivity index (χ2n) is 7.18. The summed E-state index contributed by atoms with van der Waals surface area (Å²) in [7, 11) is 0. The zero-order chi connectivity index (χ0) is 20.1. The Morgan fingerprint density at radius 3 is 1.79 bits per heavy atom. The minimum absolute atomic E-state index is 0.146. The molecule has 2 amide bonds. The summed E-state index contributed by atoms with van der Waals surface area (Å²) in [5.74, 6) is -0.315. The summed E-state index contributed by atoms with van der Waals surface area (Å²) >= 11 is 0. The first-order valence-electron chi connectivity index (χ1n) is 9.86. The maximum absolute atomic E-state index is 13.0. The number of hydrogen-bond acceptors (Lipinski definition) is 2. The first-order valence-corrected chi connectivity index (χ1v) is 9.86. The lowest BCUT2D eigenvalue weighted by atomic mass is 9.96. The molecule has 3 aromatic rings. The maximum atomic E-state index is 13.0. The molecule has 3 aromatic carbocycles. The molecule has 1 heterocycles. The van der Waals surface area contributed by atoms with Gasteiger partial charge in [-0.1, -0.05) is 60.7 Å². The minimum Gasteiger partial charge on any atom is -0.322 e. The van der Waals surface area contributed by atoms with E-state index in [1.54, 1.807) is 12.1 Å². The molecule has 0 atom stereocenters. The van der Waals surface area contributed by atoms with Gasteiger partial charge in [-0.05, 0) is 35.4 Å². The molecule has 5 heteroatoms. The van der Waals surface area contributed by atoms with Crippen LogP contribution >= 0.6 is 0 Å². The molecule has 0 spiro atoms. The van der Waals surface area contributed by atoms with Gasteiger partial charge >= 0.3 is 6.03 Å². The molecule has 0 aromatic heterocycles. The number of rotatable bonds is 4. The SMILES string of the molecule is O=C(Nc1ccc(F)cc1)N1CCN(C(c2ccccc2)c2ccccc2)CC1. The highest BCUT2D eigenvalue weighted by Crippen LogP contribution is 2.29. The summed E-state index contributed by atoms with van der Waals surface area (Å²) in [6.45, 7) is 2.85. The van der Waals surface area contributed by atoms with Crippen molar-refractivity contribution in [3.8, 4) is 0 Å². The van der Waals surface area contributed by atoms with E-state index in [9.17, 15) is 9.18 Å². The molecule has 0 aliphatic carbocycles. The number of anilines is 1. The van der Waals surface area contributed by atoms with Gasteiger partial charge in [0.1, 0.15) is 5.82 Å². The highest BCUT2D eigenvalue weighted by molar-refractivity contribution is 5.89. The number of carbonyl (C=O) groups is 1. The molecule has 29 heavy (non-hydrogen) atoms. The lowest BCUT2D eigenvalue weighted by molar-refractivity contribution is 0.126. The minimum atomic E-state index is -0.315. The smallest absolute Gasteiger partial charge is 0.321 e. The number of amides is 2. The number of benzene rings is 3. The van der Waals surface area contributed by atoms with Gasteiger partial charge < -0.3 is 10.2 Å². The Balaban J connectivity index is 1.44. The second kappa shape index (κ2) is 8.88. The van der Waals surface area contributed by atoms with Gasteiger partial charge in [-0.25, -0.2) is 9.18 Å². The van der Waals surface area contributed by atoms with Crippen molar-refractivity contribution >= 4 is 11.7 Å². The fourth-order valence-corrected chi connectivity index (χ4v) is 3.80. The largest absolute Gasteiger partial charge is 0.322 e. The fraction of sp³-hybridized carbons (Fsp3) is 0.208. The molecule has 1 fully saturated rings. The molecule has 0 saturated carbocycles. The van der Waals surface area contributed by atoms with E-state index in [0.29, 0.717) is 18.8 Å². The van der Waals surface area contributed by atoms with Gasteiger partial charge in [0.05, 0.1) is 6.04 Å². The third kappa shape index (κ3) is 4.63. The van der Waals surface area contributed by atoms with E-state index in [1.165, 1.54) is 23.3 Å².